The molecule has 0 radical (unpaired) electrons. The quantitative estimate of drug-likeness (QED) is 0.205. The van der Waals surface area contributed by atoms with Gasteiger partial charge in [0.2, 0.25) is 11.6 Å². The molecule has 10 nitrogen and oxygen atoms in total. The highest BCUT2D eigenvalue weighted by molar-refractivity contribution is 5.94. The fourth-order valence-electron chi connectivity index (χ4n) is 8.11. The molecule has 2 amide bonds. The smallest absolute Gasteiger partial charge is 0.251 e. The highest BCUT2D eigenvalue weighted by Gasteiger charge is 2.90. The van der Waals surface area contributed by atoms with Crippen LogP contribution in [0.2, 0.25) is 0 Å². The molecule has 1 aliphatic carbocycles. The zero-order valence-electron chi connectivity index (χ0n) is 27.0. The van der Waals surface area contributed by atoms with Gasteiger partial charge in [-0.1, -0.05) is 60.7 Å². The third-order valence-corrected chi connectivity index (χ3v) is 10.1. The van der Waals surface area contributed by atoms with Crippen LogP contribution in [0.4, 0.5) is 0 Å². The fraction of sp³-hybridized carbons (Fsp3) is 0.316. The third kappa shape index (κ3) is 4.25. The average Bonchev–Trinajstić information content (AvgIpc) is 3.35. The monoisotopic (exact) mass is 650 g/mol. The number of aliphatic hydroxyl groups is 2. The number of hydrogen-bond donors (Lipinski definition) is 3. The molecule has 4 aromatic rings. The van der Waals surface area contributed by atoms with Gasteiger partial charge in [-0.15, -0.1) is 0 Å². The number of unbranched alkanes of at least 4 members (excludes halogenated alkanes) is 1. The number of amides is 2. The Labute approximate surface area is 278 Å². The van der Waals surface area contributed by atoms with Crippen LogP contribution in [0.25, 0.3) is 0 Å². The van der Waals surface area contributed by atoms with Crippen LogP contribution >= 0.6 is 0 Å². The second-order valence-corrected chi connectivity index (χ2v) is 12.4. The Bertz CT molecular complexity index is 1840. The average molecular weight is 651 g/mol. The van der Waals surface area contributed by atoms with Gasteiger partial charge in [-0.2, -0.15) is 0 Å². The molecule has 0 unspecified atom stereocenters. The molecule has 0 aromatic heterocycles. The van der Waals surface area contributed by atoms with Gasteiger partial charge < -0.3 is 39.4 Å². The van der Waals surface area contributed by atoms with Crippen molar-refractivity contribution in [1.29, 1.82) is 0 Å². The number of rotatable bonds is 11. The molecule has 2 aliphatic heterocycles. The topological polar surface area (TPSA) is 127 Å². The van der Waals surface area contributed by atoms with Crippen molar-refractivity contribution in [2.75, 3.05) is 34.4 Å². The van der Waals surface area contributed by atoms with Crippen molar-refractivity contribution in [1.82, 2.24) is 10.2 Å². The molecule has 7 rings (SSSR count). The summed E-state index contributed by atoms with van der Waals surface area (Å²) in [5.41, 5.74) is -4.07. The fourth-order valence-corrected chi connectivity index (χ4v) is 8.11. The van der Waals surface area contributed by atoms with Crippen molar-refractivity contribution in [3.8, 4) is 23.0 Å². The number of carbonyl (C=O) groups is 2. The lowest BCUT2D eigenvalue weighted by Gasteiger charge is -2.56. The Balaban J connectivity index is 1.34. The Morgan fingerprint density at radius 3 is 2.15 bits per heavy atom. The molecule has 3 aliphatic rings. The molecular formula is C38H38N2O8. The standard InChI is InChI=1S/C38H38N2O8/c1-45-27-18-16-26(17-19-27)37-31(24-12-6-4-7-13-24)33-35(42)40(21-11-10-20-39-34(41)25-14-8-5-9-15-25)38(37,44)36(33,43)32-29(47-3)22-28(46-2)23-30(32)48-37/h4-9,12-19,22-23,31,33,43-44H,10-11,20-21H2,1-3H3,(H,39,41)/t31-,33+,36-,37-,38+/m1/s1. The van der Waals surface area contributed by atoms with E-state index in [9.17, 15) is 19.8 Å². The molecule has 5 atom stereocenters. The summed E-state index contributed by atoms with van der Waals surface area (Å²) in [6, 6.07) is 28.7. The number of benzene rings is 4. The van der Waals surface area contributed by atoms with Gasteiger partial charge in [0.1, 0.15) is 23.0 Å². The molecule has 10 heteroatoms. The zero-order valence-corrected chi connectivity index (χ0v) is 27.0. The van der Waals surface area contributed by atoms with Crippen molar-refractivity contribution in [2.24, 2.45) is 5.92 Å². The van der Waals surface area contributed by atoms with Gasteiger partial charge in [0.05, 0.1) is 32.8 Å². The summed E-state index contributed by atoms with van der Waals surface area (Å²) in [7, 11) is 4.55. The Hall–Kier alpha value is -5.06. The van der Waals surface area contributed by atoms with Gasteiger partial charge in [-0.05, 0) is 42.7 Å². The van der Waals surface area contributed by atoms with Gasteiger partial charge in [0, 0.05) is 42.3 Å². The molecule has 1 saturated heterocycles. The van der Waals surface area contributed by atoms with Crippen molar-refractivity contribution >= 4 is 11.8 Å². The van der Waals surface area contributed by atoms with Crippen LogP contribution in [0.5, 0.6) is 23.0 Å². The van der Waals surface area contributed by atoms with Gasteiger partial charge in [-0.25, -0.2) is 0 Å². The molecular weight excluding hydrogens is 612 g/mol. The second kappa shape index (κ2) is 11.9. The number of likely N-dealkylation sites (tertiary alicyclic amines) is 1. The van der Waals surface area contributed by atoms with Crippen molar-refractivity contribution in [3.05, 3.63) is 119 Å². The highest BCUT2D eigenvalue weighted by Crippen LogP contribution is 2.76. The maximum absolute atomic E-state index is 14.7. The van der Waals surface area contributed by atoms with Gasteiger partial charge in [0.25, 0.3) is 5.91 Å². The van der Waals surface area contributed by atoms with E-state index < -0.39 is 34.7 Å². The van der Waals surface area contributed by atoms with E-state index in [0.717, 1.165) is 5.56 Å². The molecule has 3 N–H and O–H groups in total. The first kappa shape index (κ1) is 31.5. The molecule has 248 valence electrons. The largest absolute Gasteiger partial charge is 0.497 e. The van der Waals surface area contributed by atoms with Crippen LogP contribution in [0, 0.1) is 5.92 Å². The van der Waals surface area contributed by atoms with E-state index in [1.165, 1.54) is 19.1 Å². The van der Waals surface area contributed by atoms with E-state index in [1.54, 1.807) is 67.8 Å². The maximum Gasteiger partial charge on any atom is 0.251 e. The van der Waals surface area contributed by atoms with Crippen LogP contribution in [0.1, 0.15) is 45.8 Å². The number of piperidine rings is 1. The Kier molecular flexibility index (Phi) is 7.80. The van der Waals surface area contributed by atoms with Gasteiger partial charge in [0.15, 0.2) is 11.2 Å². The summed E-state index contributed by atoms with van der Waals surface area (Å²) in [6.07, 6.45) is 0.963. The predicted molar refractivity (Wildman–Crippen MR) is 176 cm³/mol. The SMILES string of the molecule is COc1ccc([C@]23Oc4cc(OC)cc(OC)c4[C@@]4(O)[C@H](C(=O)N(CCCCNC(=O)c5ccccc5)[C@]42O)[C@H]3c2ccccc2)cc1. The zero-order chi connectivity index (χ0) is 33.7. The van der Waals surface area contributed by atoms with Crippen LogP contribution in [0.3, 0.4) is 0 Å². The van der Waals surface area contributed by atoms with E-state index in [2.05, 4.69) is 5.32 Å². The Morgan fingerprint density at radius 2 is 1.50 bits per heavy atom. The first-order chi connectivity index (χ1) is 23.3. The molecule has 4 aromatic carbocycles. The summed E-state index contributed by atoms with van der Waals surface area (Å²) in [6.45, 7) is 0.469. The van der Waals surface area contributed by atoms with E-state index in [4.69, 9.17) is 18.9 Å². The molecule has 1 saturated carbocycles. The summed E-state index contributed by atoms with van der Waals surface area (Å²) in [4.78, 5) is 28.6. The number of nitrogens with one attached hydrogen (secondary N) is 1. The Morgan fingerprint density at radius 1 is 0.833 bits per heavy atom. The number of carbonyl (C=O) groups excluding carboxylic acids is 2. The number of hydrogen-bond acceptors (Lipinski definition) is 8. The highest BCUT2D eigenvalue weighted by atomic mass is 16.5. The van der Waals surface area contributed by atoms with E-state index in [1.807, 2.05) is 36.4 Å². The van der Waals surface area contributed by atoms with Gasteiger partial charge >= 0.3 is 0 Å². The summed E-state index contributed by atoms with van der Waals surface area (Å²) in [5, 5.41) is 29.5. The molecule has 2 fully saturated rings. The predicted octanol–water partition coefficient (Wildman–Crippen LogP) is 4.34. The minimum atomic E-state index is -2.28. The number of nitrogens with zero attached hydrogens (tertiary/aromatic N) is 1. The van der Waals surface area contributed by atoms with Crippen LogP contribution in [-0.2, 0) is 16.0 Å². The van der Waals surface area contributed by atoms with Crippen LogP contribution in [0.15, 0.2) is 97.1 Å². The lowest BCUT2D eigenvalue weighted by molar-refractivity contribution is -0.279. The van der Waals surface area contributed by atoms with Crippen molar-refractivity contribution in [3.63, 3.8) is 0 Å². The van der Waals surface area contributed by atoms with Crippen LogP contribution < -0.4 is 24.3 Å². The number of methoxy groups -OCH3 is 3. The molecule has 48 heavy (non-hydrogen) atoms. The third-order valence-electron chi connectivity index (χ3n) is 10.1. The first-order valence-corrected chi connectivity index (χ1v) is 16.0. The molecule has 2 heterocycles. The second-order valence-electron chi connectivity index (χ2n) is 12.4. The first-order valence-electron chi connectivity index (χ1n) is 16.0. The van der Waals surface area contributed by atoms with Crippen LogP contribution in [-0.4, -0.2) is 67.1 Å². The normalized spacial score (nSPS) is 26.4. The minimum Gasteiger partial charge on any atom is -0.497 e. The van der Waals surface area contributed by atoms with Gasteiger partial charge in [-0.3, -0.25) is 9.59 Å². The molecule has 0 spiro atoms. The van der Waals surface area contributed by atoms with E-state index in [-0.39, 0.29) is 29.5 Å². The summed E-state index contributed by atoms with van der Waals surface area (Å²) >= 11 is 0. The molecule has 4 bridgehead atoms. The minimum absolute atomic E-state index is 0.103. The number of fused-ring (bicyclic) bond motifs is 1. The van der Waals surface area contributed by atoms with E-state index in [0.29, 0.717) is 42.0 Å². The van der Waals surface area contributed by atoms with Crippen molar-refractivity contribution in [2.45, 2.75) is 35.7 Å². The summed E-state index contributed by atoms with van der Waals surface area (Å²) < 4.78 is 23.8. The number of ether oxygens (including phenoxy) is 4. The van der Waals surface area contributed by atoms with Crippen molar-refractivity contribution < 1.29 is 38.7 Å². The summed E-state index contributed by atoms with van der Waals surface area (Å²) in [5.74, 6) is -1.04. The van der Waals surface area contributed by atoms with E-state index >= 15 is 0 Å². The lowest BCUT2D eigenvalue weighted by Crippen LogP contribution is -2.71. The lowest BCUT2D eigenvalue weighted by atomic mass is 9.70. The maximum atomic E-state index is 14.7.